The molecule has 0 radical (unpaired) electrons. The molecule has 3 rings (SSSR count). The average Bonchev–Trinajstić information content (AvgIpc) is 2.91. The maximum atomic E-state index is 5.65. The van der Waals surface area contributed by atoms with Gasteiger partial charge in [0.15, 0.2) is 5.13 Å². The Balaban J connectivity index is 0.00000147. The van der Waals surface area contributed by atoms with Crippen LogP contribution >= 0.6 is 28.3 Å². The lowest BCUT2D eigenvalue weighted by molar-refractivity contribution is 1.28. The third-order valence-corrected chi connectivity index (χ3v) is 3.35. The normalized spacial score (nSPS) is 9.80. The lowest BCUT2D eigenvalue weighted by Crippen LogP contribution is -1.91. The van der Waals surface area contributed by atoms with E-state index in [1.165, 1.54) is 0 Å². The Morgan fingerprint density at radius 3 is 2.50 bits per heavy atom. The lowest BCUT2D eigenvalue weighted by atomic mass is 10.3. The van der Waals surface area contributed by atoms with Gasteiger partial charge in [0.25, 0.3) is 0 Å². The van der Waals surface area contributed by atoms with Gasteiger partial charge in [-0.2, -0.15) is 0 Å². The zero-order chi connectivity index (χ0) is 13.1. The van der Waals surface area contributed by atoms with Gasteiger partial charge in [-0.05, 0) is 36.4 Å². The maximum Gasteiger partial charge on any atom is 0.187 e. The van der Waals surface area contributed by atoms with Crippen LogP contribution in [0.15, 0.2) is 54.0 Å². The molecule has 102 valence electrons. The molecule has 0 saturated carbocycles. The van der Waals surface area contributed by atoms with Crippen molar-refractivity contribution >= 4 is 44.8 Å². The van der Waals surface area contributed by atoms with Gasteiger partial charge in [0, 0.05) is 23.0 Å². The van der Waals surface area contributed by atoms with Gasteiger partial charge in [0.2, 0.25) is 0 Å². The third-order valence-electron chi connectivity index (χ3n) is 2.59. The number of rotatable bonds is 3. The number of benzene rings is 1. The highest BCUT2D eigenvalue weighted by Gasteiger charge is 2.05. The first kappa shape index (κ1) is 14.5. The molecular formula is C14H13BrN4S. The number of hydrogen-bond donors (Lipinski definition) is 2. The number of hydrogen-bond acceptors (Lipinski definition) is 5. The molecule has 0 amide bonds. The molecule has 0 atom stereocenters. The second-order valence-electron chi connectivity index (χ2n) is 4.00. The highest BCUT2D eigenvalue weighted by atomic mass is 79.9. The van der Waals surface area contributed by atoms with Gasteiger partial charge in [0.1, 0.15) is 5.69 Å². The highest BCUT2D eigenvalue weighted by Crippen LogP contribution is 2.26. The summed E-state index contributed by atoms with van der Waals surface area (Å²) in [6.45, 7) is 0. The van der Waals surface area contributed by atoms with E-state index in [0.717, 1.165) is 27.9 Å². The molecule has 0 saturated heterocycles. The van der Waals surface area contributed by atoms with E-state index in [1.807, 2.05) is 47.8 Å². The molecule has 2 aromatic heterocycles. The number of aromatic nitrogens is 2. The highest BCUT2D eigenvalue weighted by molar-refractivity contribution is 8.93. The van der Waals surface area contributed by atoms with Gasteiger partial charge < -0.3 is 11.1 Å². The van der Waals surface area contributed by atoms with Crippen molar-refractivity contribution in [3.63, 3.8) is 0 Å². The molecule has 1 aromatic carbocycles. The molecule has 0 aliphatic carbocycles. The molecular weight excluding hydrogens is 336 g/mol. The van der Waals surface area contributed by atoms with Crippen LogP contribution in [0.4, 0.5) is 16.5 Å². The SMILES string of the molecule is Br.Nc1ccc(Nc2nc(-c3ccccn3)cs2)cc1. The van der Waals surface area contributed by atoms with Crippen LogP contribution in [-0.2, 0) is 0 Å². The topological polar surface area (TPSA) is 63.8 Å². The van der Waals surface area contributed by atoms with Crippen molar-refractivity contribution < 1.29 is 0 Å². The molecule has 0 bridgehead atoms. The van der Waals surface area contributed by atoms with E-state index < -0.39 is 0 Å². The number of nitrogens with one attached hydrogen (secondary N) is 1. The van der Waals surface area contributed by atoms with Crippen LogP contribution in [0.3, 0.4) is 0 Å². The first-order valence-corrected chi connectivity index (χ1v) is 6.69. The summed E-state index contributed by atoms with van der Waals surface area (Å²) in [6.07, 6.45) is 1.77. The van der Waals surface area contributed by atoms with Gasteiger partial charge in [-0.1, -0.05) is 6.07 Å². The molecule has 20 heavy (non-hydrogen) atoms. The monoisotopic (exact) mass is 348 g/mol. The van der Waals surface area contributed by atoms with Gasteiger partial charge >= 0.3 is 0 Å². The van der Waals surface area contributed by atoms with Gasteiger partial charge in [-0.15, -0.1) is 28.3 Å². The van der Waals surface area contributed by atoms with Gasteiger partial charge in [-0.25, -0.2) is 4.98 Å². The molecule has 4 nitrogen and oxygen atoms in total. The number of anilines is 3. The summed E-state index contributed by atoms with van der Waals surface area (Å²) in [5.74, 6) is 0. The summed E-state index contributed by atoms with van der Waals surface area (Å²) in [7, 11) is 0. The second-order valence-corrected chi connectivity index (χ2v) is 4.86. The van der Waals surface area contributed by atoms with E-state index in [4.69, 9.17) is 5.73 Å². The van der Waals surface area contributed by atoms with Crippen LogP contribution < -0.4 is 11.1 Å². The predicted octanol–water partition coefficient (Wildman–Crippen LogP) is 4.11. The summed E-state index contributed by atoms with van der Waals surface area (Å²) < 4.78 is 0. The smallest absolute Gasteiger partial charge is 0.187 e. The summed E-state index contributed by atoms with van der Waals surface area (Å²) in [4.78, 5) is 8.79. The Hall–Kier alpha value is -1.92. The maximum absolute atomic E-state index is 5.65. The Morgan fingerprint density at radius 2 is 1.80 bits per heavy atom. The molecule has 2 heterocycles. The molecule has 3 aromatic rings. The van der Waals surface area contributed by atoms with E-state index in [9.17, 15) is 0 Å². The summed E-state index contributed by atoms with van der Waals surface area (Å²) in [6, 6.07) is 13.4. The lowest BCUT2D eigenvalue weighted by Gasteiger charge is -2.02. The van der Waals surface area contributed by atoms with E-state index in [1.54, 1.807) is 17.5 Å². The minimum absolute atomic E-state index is 0. The van der Waals surface area contributed by atoms with Crippen LogP contribution in [-0.4, -0.2) is 9.97 Å². The summed E-state index contributed by atoms with van der Waals surface area (Å²) in [5, 5.41) is 6.07. The van der Waals surface area contributed by atoms with Crippen LogP contribution in [0.1, 0.15) is 0 Å². The Labute approximate surface area is 131 Å². The fourth-order valence-electron chi connectivity index (χ4n) is 1.65. The molecule has 0 fully saturated rings. The number of nitrogen functional groups attached to an aromatic ring is 1. The Kier molecular flexibility index (Phi) is 4.70. The van der Waals surface area contributed by atoms with Crippen molar-refractivity contribution in [2.24, 2.45) is 0 Å². The quantitative estimate of drug-likeness (QED) is 0.699. The van der Waals surface area contributed by atoms with Crippen molar-refractivity contribution in [2.75, 3.05) is 11.1 Å². The van der Waals surface area contributed by atoms with E-state index in [0.29, 0.717) is 0 Å². The summed E-state index contributed by atoms with van der Waals surface area (Å²) in [5.41, 5.74) is 9.13. The first-order chi connectivity index (χ1) is 9.31. The molecule has 6 heteroatoms. The zero-order valence-corrected chi connectivity index (χ0v) is 13.0. The van der Waals surface area contributed by atoms with Crippen molar-refractivity contribution in [3.8, 4) is 11.4 Å². The number of halogens is 1. The minimum atomic E-state index is 0. The standard InChI is InChI=1S/C14H12N4S.BrH/c15-10-4-6-11(7-5-10)17-14-18-13(9-19-14)12-3-1-2-8-16-12;/h1-9H,15H2,(H,17,18);1H. The number of nitrogens with two attached hydrogens (primary N) is 1. The number of nitrogens with zero attached hydrogens (tertiary/aromatic N) is 2. The van der Waals surface area contributed by atoms with E-state index >= 15 is 0 Å². The first-order valence-electron chi connectivity index (χ1n) is 5.81. The molecule has 0 aliphatic heterocycles. The van der Waals surface area contributed by atoms with Crippen LogP contribution in [0.25, 0.3) is 11.4 Å². The zero-order valence-electron chi connectivity index (χ0n) is 10.5. The van der Waals surface area contributed by atoms with Crippen molar-refractivity contribution in [2.45, 2.75) is 0 Å². The van der Waals surface area contributed by atoms with Gasteiger partial charge in [-0.3, -0.25) is 4.98 Å². The van der Waals surface area contributed by atoms with Crippen LogP contribution in [0.2, 0.25) is 0 Å². The largest absolute Gasteiger partial charge is 0.399 e. The fraction of sp³-hybridized carbons (Fsp3) is 0. The van der Waals surface area contributed by atoms with Crippen LogP contribution in [0, 0.1) is 0 Å². The second kappa shape index (κ2) is 6.49. The van der Waals surface area contributed by atoms with Crippen molar-refractivity contribution in [3.05, 3.63) is 54.0 Å². The molecule has 0 aliphatic rings. The number of pyridine rings is 1. The van der Waals surface area contributed by atoms with E-state index in [-0.39, 0.29) is 17.0 Å². The molecule has 0 spiro atoms. The number of thiazole rings is 1. The van der Waals surface area contributed by atoms with Crippen molar-refractivity contribution in [1.82, 2.24) is 9.97 Å². The van der Waals surface area contributed by atoms with Crippen molar-refractivity contribution in [1.29, 1.82) is 0 Å². The third kappa shape index (κ3) is 3.34. The van der Waals surface area contributed by atoms with E-state index in [2.05, 4.69) is 15.3 Å². The Bertz CT molecular complexity index is 667. The fourth-order valence-corrected chi connectivity index (χ4v) is 2.38. The summed E-state index contributed by atoms with van der Waals surface area (Å²) >= 11 is 1.55. The molecule has 3 N–H and O–H groups in total. The average molecular weight is 349 g/mol. The predicted molar refractivity (Wildman–Crippen MR) is 89.8 cm³/mol. The Morgan fingerprint density at radius 1 is 1.00 bits per heavy atom. The van der Waals surface area contributed by atoms with Crippen LogP contribution in [0.5, 0.6) is 0 Å². The van der Waals surface area contributed by atoms with Gasteiger partial charge in [0.05, 0.1) is 5.69 Å². The molecule has 0 unspecified atom stereocenters. The minimum Gasteiger partial charge on any atom is -0.399 e.